The fraction of sp³-hybridized carbons (Fsp3) is 0.125. The van der Waals surface area contributed by atoms with Gasteiger partial charge in [-0.3, -0.25) is 0 Å². The van der Waals surface area contributed by atoms with E-state index >= 15 is 0 Å². The van der Waals surface area contributed by atoms with Crippen molar-refractivity contribution in [2.24, 2.45) is 0 Å². The summed E-state index contributed by atoms with van der Waals surface area (Å²) in [5.41, 5.74) is 1.13. The number of hydrogen-bond acceptors (Lipinski definition) is 4. The summed E-state index contributed by atoms with van der Waals surface area (Å²) in [5.74, 6) is 0.256. The van der Waals surface area contributed by atoms with Crippen LogP contribution in [0.25, 0.3) is 0 Å². The Morgan fingerprint density at radius 1 is 1.10 bits per heavy atom. The van der Waals surface area contributed by atoms with E-state index in [1.54, 1.807) is 24.3 Å². The van der Waals surface area contributed by atoms with Crippen molar-refractivity contribution < 1.29 is 13.9 Å². The van der Waals surface area contributed by atoms with Gasteiger partial charge in [0.15, 0.2) is 0 Å². The summed E-state index contributed by atoms with van der Waals surface area (Å²) < 4.78 is 24.1. The van der Waals surface area contributed by atoms with Crippen molar-refractivity contribution in [3.05, 3.63) is 58.9 Å². The Balaban J connectivity index is 2.18. The molecule has 0 amide bonds. The molecule has 2 aromatic rings. The fourth-order valence-corrected chi connectivity index (χ4v) is 1.80. The molecule has 104 valence electrons. The molecule has 5 heteroatoms. The molecule has 0 N–H and O–H groups in total. The standard InChI is InChI=1S/C16H11FN2O2/c1-20-16-5-2-11(8-18)6-13(16)10-21-14-4-3-12(9-19)15(17)7-14/h2-7H,10H2,1H3. The summed E-state index contributed by atoms with van der Waals surface area (Å²) in [6.07, 6.45) is 0. The van der Waals surface area contributed by atoms with Crippen LogP contribution in [0.15, 0.2) is 36.4 Å². The predicted molar refractivity (Wildman–Crippen MR) is 73.2 cm³/mol. The highest BCUT2D eigenvalue weighted by Gasteiger charge is 2.07. The highest BCUT2D eigenvalue weighted by molar-refractivity contribution is 5.42. The van der Waals surface area contributed by atoms with Crippen LogP contribution in [-0.2, 0) is 6.61 Å². The van der Waals surface area contributed by atoms with Crippen LogP contribution < -0.4 is 9.47 Å². The molecular formula is C16H11FN2O2. The molecule has 0 saturated heterocycles. The van der Waals surface area contributed by atoms with E-state index in [9.17, 15) is 4.39 Å². The molecule has 0 atom stereocenters. The van der Waals surface area contributed by atoms with E-state index in [1.165, 1.54) is 19.2 Å². The molecule has 0 fully saturated rings. The minimum Gasteiger partial charge on any atom is -0.496 e. The van der Waals surface area contributed by atoms with Crippen molar-refractivity contribution >= 4 is 0 Å². The van der Waals surface area contributed by atoms with Gasteiger partial charge in [-0.15, -0.1) is 0 Å². The van der Waals surface area contributed by atoms with E-state index in [0.29, 0.717) is 22.6 Å². The maximum atomic E-state index is 13.5. The van der Waals surface area contributed by atoms with Gasteiger partial charge in [0, 0.05) is 11.6 Å². The first-order valence-corrected chi connectivity index (χ1v) is 6.07. The van der Waals surface area contributed by atoms with Gasteiger partial charge in [-0.05, 0) is 30.3 Å². The summed E-state index contributed by atoms with van der Waals surface area (Å²) in [6.45, 7) is 0.129. The van der Waals surface area contributed by atoms with E-state index < -0.39 is 5.82 Å². The summed E-state index contributed by atoms with van der Waals surface area (Å²) >= 11 is 0. The molecule has 0 aliphatic rings. The predicted octanol–water partition coefficient (Wildman–Crippen LogP) is 3.16. The lowest BCUT2D eigenvalue weighted by Gasteiger charge is -2.11. The molecule has 0 aliphatic carbocycles. The number of halogens is 1. The van der Waals surface area contributed by atoms with Crippen LogP contribution in [0, 0.1) is 28.5 Å². The summed E-state index contributed by atoms with van der Waals surface area (Å²) in [7, 11) is 1.52. The minimum absolute atomic E-state index is 0.0357. The molecule has 0 bridgehead atoms. The highest BCUT2D eigenvalue weighted by Crippen LogP contribution is 2.23. The second kappa shape index (κ2) is 6.40. The Morgan fingerprint density at radius 2 is 1.90 bits per heavy atom. The van der Waals surface area contributed by atoms with Gasteiger partial charge in [0.25, 0.3) is 0 Å². The molecule has 0 saturated carbocycles. The Bertz CT molecular complexity index is 745. The molecule has 0 radical (unpaired) electrons. The quantitative estimate of drug-likeness (QED) is 0.864. The topological polar surface area (TPSA) is 66.0 Å². The lowest BCUT2D eigenvalue weighted by Crippen LogP contribution is -2.00. The van der Waals surface area contributed by atoms with Crippen molar-refractivity contribution in [1.29, 1.82) is 10.5 Å². The zero-order valence-electron chi connectivity index (χ0n) is 11.3. The molecule has 0 heterocycles. The van der Waals surface area contributed by atoms with Crippen molar-refractivity contribution in [2.45, 2.75) is 6.61 Å². The molecule has 4 nitrogen and oxygen atoms in total. The molecule has 2 rings (SSSR count). The zero-order valence-corrected chi connectivity index (χ0v) is 11.3. The second-order valence-electron chi connectivity index (χ2n) is 4.18. The Morgan fingerprint density at radius 3 is 2.52 bits per heavy atom. The fourth-order valence-electron chi connectivity index (χ4n) is 1.80. The van der Waals surface area contributed by atoms with Gasteiger partial charge in [-0.1, -0.05) is 0 Å². The molecule has 0 aliphatic heterocycles. The van der Waals surface area contributed by atoms with Crippen LogP contribution in [0.2, 0.25) is 0 Å². The van der Waals surface area contributed by atoms with Gasteiger partial charge < -0.3 is 9.47 Å². The second-order valence-corrected chi connectivity index (χ2v) is 4.18. The average Bonchev–Trinajstić information content (AvgIpc) is 2.52. The third kappa shape index (κ3) is 3.29. The lowest BCUT2D eigenvalue weighted by atomic mass is 10.1. The minimum atomic E-state index is -0.632. The van der Waals surface area contributed by atoms with E-state index in [1.807, 2.05) is 6.07 Å². The Hall–Kier alpha value is -3.05. The highest BCUT2D eigenvalue weighted by atomic mass is 19.1. The van der Waals surface area contributed by atoms with Gasteiger partial charge in [0.05, 0.1) is 24.3 Å². The van der Waals surface area contributed by atoms with Crippen molar-refractivity contribution in [2.75, 3.05) is 7.11 Å². The van der Waals surface area contributed by atoms with Crippen LogP contribution in [-0.4, -0.2) is 7.11 Å². The number of methoxy groups -OCH3 is 1. The number of nitriles is 2. The maximum Gasteiger partial charge on any atom is 0.144 e. The number of benzene rings is 2. The zero-order chi connectivity index (χ0) is 15.2. The van der Waals surface area contributed by atoms with Gasteiger partial charge in [-0.2, -0.15) is 10.5 Å². The van der Waals surface area contributed by atoms with Gasteiger partial charge >= 0.3 is 0 Å². The van der Waals surface area contributed by atoms with E-state index in [2.05, 4.69) is 0 Å². The number of nitrogens with zero attached hydrogens (tertiary/aromatic N) is 2. The van der Waals surface area contributed by atoms with Crippen LogP contribution in [0.5, 0.6) is 11.5 Å². The smallest absolute Gasteiger partial charge is 0.144 e. The average molecular weight is 282 g/mol. The molecular weight excluding hydrogens is 271 g/mol. The summed E-state index contributed by atoms with van der Waals surface area (Å²) in [5, 5.41) is 17.6. The number of rotatable bonds is 4. The first kappa shape index (κ1) is 14.4. The van der Waals surface area contributed by atoms with Gasteiger partial charge in [0.2, 0.25) is 0 Å². The molecule has 0 aromatic heterocycles. The normalized spacial score (nSPS) is 9.52. The van der Waals surface area contributed by atoms with E-state index in [4.69, 9.17) is 20.0 Å². The van der Waals surface area contributed by atoms with Crippen LogP contribution in [0.3, 0.4) is 0 Å². The molecule has 0 unspecified atom stereocenters. The Labute approximate surface area is 121 Å². The molecule has 21 heavy (non-hydrogen) atoms. The third-order valence-electron chi connectivity index (χ3n) is 2.86. The first-order chi connectivity index (χ1) is 10.2. The number of hydrogen-bond donors (Lipinski definition) is 0. The third-order valence-corrected chi connectivity index (χ3v) is 2.86. The van der Waals surface area contributed by atoms with Crippen LogP contribution in [0.1, 0.15) is 16.7 Å². The SMILES string of the molecule is COc1ccc(C#N)cc1COc1ccc(C#N)c(F)c1. The van der Waals surface area contributed by atoms with Gasteiger partial charge in [-0.25, -0.2) is 4.39 Å². The molecule has 0 spiro atoms. The Kier molecular flexibility index (Phi) is 4.38. The van der Waals surface area contributed by atoms with E-state index in [0.717, 1.165) is 6.07 Å². The van der Waals surface area contributed by atoms with Crippen molar-refractivity contribution in [3.63, 3.8) is 0 Å². The van der Waals surface area contributed by atoms with Gasteiger partial charge in [0.1, 0.15) is 30.0 Å². The largest absolute Gasteiger partial charge is 0.496 e. The van der Waals surface area contributed by atoms with Crippen LogP contribution in [0.4, 0.5) is 4.39 Å². The molecule has 2 aromatic carbocycles. The van der Waals surface area contributed by atoms with Crippen LogP contribution >= 0.6 is 0 Å². The summed E-state index contributed by atoms with van der Waals surface area (Å²) in [6, 6.07) is 12.8. The number of ether oxygens (including phenoxy) is 2. The van der Waals surface area contributed by atoms with Crippen molar-refractivity contribution in [1.82, 2.24) is 0 Å². The maximum absolute atomic E-state index is 13.5. The lowest BCUT2D eigenvalue weighted by molar-refractivity contribution is 0.295. The first-order valence-electron chi connectivity index (χ1n) is 6.07. The van der Waals surface area contributed by atoms with Crippen molar-refractivity contribution in [3.8, 4) is 23.6 Å². The van der Waals surface area contributed by atoms with E-state index in [-0.39, 0.29) is 12.2 Å². The summed E-state index contributed by atoms with van der Waals surface area (Å²) in [4.78, 5) is 0. The monoisotopic (exact) mass is 282 g/mol.